The predicted molar refractivity (Wildman–Crippen MR) is 52.9 cm³/mol. The third-order valence-corrected chi connectivity index (χ3v) is 4.59. The molecule has 3 heteroatoms. The summed E-state index contributed by atoms with van der Waals surface area (Å²) >= 11 is 4.63. The minimum atomic E-state index is -0.178. The molecule has 0 radical (unpaired) electrons. The highest BCUT2D eigenvalue weighted by Gasteiger charge is 2.56. The summed E-state index contributed by atoms with van der Waals surface area (Å²) < 4.78 is 11.6. The summed E-state index contributed by atoms with van der Waals surface area (Å²) in [5.74, 6) is 1.23. The van der Waals surface area contributed by atoms with Crippen LogP contribution in [0.5, 0.6) is 0 Å². The lowest BCUT2D eigenvalue weighted by Gasteiger charge is -2.53. The molecule has 1 aliphatic heterocycles. The van der Waals surface area contributed by atoms with Gasteiger partial charge in [-0.05, 0) is 25.2 Å². The van der Waals surface area contributed by atoms with Gasteiger partial charge in [0.15, 0.2) is 5.79 Å². The standard InChI is InChI=1S/C10H16O2S/c13-9-3-4-10(11-5-6-12-10)8-2-1-7(8)9/h7-9,13H,1-6H2. The lowest BCUT2D eigenvalue weighted by Crippen LogP contribution is -2.54. The molecule has 3 fully saturated rings. The van der Waals surface area contributed by atoms with Crippen molar-refractivity contribution in [2.45, 2.75) is 36.7 Å². The topological polar surface area (TPSA) is 18.5 Å². The molecule has 0 aromatic rings. The number of ether oxygens (including phenoxy) is 2. The van der Waals surface area contributed by atoms with Gasteiger partial charge in [0.2, 0.25) is 0 Å². The van der Waals surface area contributed by atoms with Crippen LogP contribution in [0.4, 0.5) is 0 Å². The Hall–Kier alpha value is 0.270. The van der Waals surface area contributed by atoms with Crippen molar-refractivity contribution in [3.8, 4) is 0 Å². The monoisotopic (exact) mass is 200 g/mol. The molecule has 1 heterocycles. The van der Waals surface area contributed by atoms with Crippen molar-refractivity contribution in [3.63, 3.8) is 0 Å². The van der Waals surface area contributed by atoms with Crippen LogP contribution in [-0.2, 0) is 9.47 Å². The van der Waals surface area contributed by atoms with Gasteiger partial charge in [-0.3, -0.25) is 0 Å². The van der Waals surface area contributed by atoms with Crippen molar-refractivity contribution in [2.24, 2.45) is 11.8 Å². The summed E-state index contributed by atoms with van der Waals surface area (Å²) in [5, 5.41) is 0.595. The van der Waals surface area contributed by atoms with Gasteiger partial charge in [-0.15, -0.1) is 0 Å². The van der Waals surface area contributed by atoms with Crippen LogP contribution in [0.25, 0.3) is 0 Å². The van der Waals surface area contributed by atoms with Gasteiger partial charge in [-0.25, -0.2) is 0 Å². The molecule has 2 nitrogen and oxygen atoms in total. The molecule has 3 atom stereocenters. The van der Waals surface area contributed by atoms with Crippen LogP contribution in [0.2, 0.25) is 0 Å². The quantitative estimate of drug-likeness (QED) is 0.602. The van der Waals surface area contributed by atoms with Crippen LogP contribution < -0.4 is 0 Å². The van der Waals surface area contributed by atoms with E-state index in [0.29, 0.717) is 11.2 Å². The minimum Gasteiger partial charge on any atom is -0.347 e. The second-order valence-electron chi connectivity index (χ2n) is 4.46. The molecule has 1 saturated heterocycles. The molecule has 3 unspecified atom stereocenters. The number of hydrogen-bond donors (Lipinski definition) is 1. The maximum Gasteiger partial charge on any atom is 0.171 e. The maximum atomic E-state index is 5.81. The van der Waals surface area contributed by atoms with Gasteiger partial charge >= 0.3 is 0 Å². The first-order chi connectivity index (χ1) is 6.32. The zero-order chi connectivity index (χ0) is 8.89. The largest absolute Gasteiger partial charge is 0.347 e. The van der Waals surface area contributed by atoms with E-state index in [0.717, 1.165) is 32.0 Å². The Morgan fingerprint density at radius 1 is 1.08 bits per heavy atom. The summed E-state index contributed by atoms with van der Waals surface area (Å²) in [6.45, 7) is 1.58. The van der Waals surface area contributed by atoms with Gasteiger partial charge < -0.3 is 9.47 Å². The van der Waals surface area contributed by atoms with Crippen molar-refractivity contribution in [3.05, 3.63) is 0 Å². The second-order valence-corrected chi connectivity index (χ2v) is 5.13. The van der Waals surface area contributed by atoms with Crippen molar-refractivity contribution >= 4 is 12.6 Å². The van der Waals surface area contributed by atoms with E-state index in [-0.39, 0.29) is 5.79 Å². The summed E-state index contributed by atoms with van der Waals surface area (Å²) in [6.07, 6.45) is 4.82. The van der Waals surface area contributed by atoms with E-state index in [4.69, 9.17) is 9.47 Å². The summed E-state index contributed by atoms with van der Waals surface area (Å²) in [5.41, 5.74) is 0. The van der Waals surface area contributed by atoms with Gasteiger partial charge in [-0.2, -0.15) is 12.6 Å². The first-order valence-electron chi connectivity index (χ1n) is 5.28. The SMILES string of the molecule is SC1CCC2(OCCO2)C2CCC12. The Kier molecular flexibility index (Phi) is 1.90. The Bertz CT molecular complexity index is 213. The van der Waals surface area contributed by atoms with Crippen molar-refractivity contribution in [1.82, 2.24) is 0 Å². The molecule has 13 heavy (non-hydrogen) atoms. The van der Waals surface area contributed by atoms with Crippen molar-refractivity contribution in [2.75, 3.05) is 13.2 Å². The second kappa shape index (κ2) is 2.88. The zero-order valence-corrected chi connectivity index (χ0v) is 8.63. The summed E-state index contributed by atoms with van der Waals surface area (Å²) in [4.78, 5) is 0. The molecule has 2 aliphatic carbocycles. The maximum absolute atomic E-state index is 5.81. The van der Waals surface area contributed by atoms with Crippen LogP contribution in [0, 0.1) is 11.8 Å². The Morgan fingerprint density at radius 2 is 1.85 bits per heavy atom. The first kappa shape index (κ1) is 8.57. The molecule has 0 aromatic heterocycles. The average molecular weight is 200 g/mol. The van der Waals surface area contributed by atoms with E-state index in [1.807, 2.05) is 0 Å². The Balaban J connectivity index is 1.82. The lowest BCUT2D eigenvalue weighted by molar-refractivity contribution is -0.246. The summed E-state index contributed by atoms with van der Waals surface area (Å²) in [7, 11) is 0. The van der Waals surface area contributed by atoms with Gasteiger partial charge in [0, 0.05) is 17.6 Å². The highest BCUT2D eigenvalue weighted by atomic mass is 32.1. The fourth-order valence-corrected chi connectivity index (χ4v) is 3.60. The number of hydrogen-bond acceptors (Lipinski definition) is 3. The molecule has 3 aliphatic rings. The number of thiol groups is 1. The molecule has 0 bridgehead atoms. The van der Waals surface area contributed by atoms with Crippen molar-refractivity contribution in [1.29, 1.82) is 0 Å². The molecule has 2 saturated carbocycles. The van der Waals surface area contributed by atoms with Gasteiger partial charge in [-0.1, -0.05) is 0 Å². The third-order valence-electron chi connectivity index (χ3n) is 3.95. The van der Waals surface area contributed by atoms with E-state index in [2.05, 4.69) is 12.6 Å². The highest BCUT2D eigenvalue weighted by molar-refractivity contribution is 7.81. The number of fused-ring (bicyclic) bond motifs is 2. The minimum absolute atomic E-state index is 0.178. The molecule has 74 valence electrons. The normalized spacial score (nSPS) is 47.3. The summed E-state index contributed by atoms with van der Waals surface area (Å²) in [6, 6.07) is 0. The van der Waals surface area contributed by atoms with E-state index >= 15 is 0 Å². The van der Waals surface area contributed by atoms with E-state index in [9.17, 15) is 0 Å². The van der Waals surface area contributed by atoms with Crippen LogP contribution >= 0.6 is 12.6 Å². The van der Waals surface area contributed by atoms with E-state index in [1.54, 1.807) is 0 Å². The molecular formula is C10H16O2S. The Morgan fingerprint density at radius 3 is 2.46 bits per heavy atom. The van der Waals surface area contributed by atoms with E-state index < -0.39 is 0 Å². The third kappa shape index (κ3) is 1.10. The van der Waals surface area contributed by atoms with Crippen LogP contribution in [0.3, 0.4) is 0 Å². The molecular weight excluding hydrogens is 184 g/mol. The molecule has 0 amide bonds. The van der Waals surface area contributed by atoms with Gasteiger partial charge in [0.25, 0.3) is 0 Å². The molecule has 0 aromatic carbocycles. The lowest BCUT2D eigenvalue weighted by atomic mass is 9.62. The Labute approximate surface area is 84.4 Å². The van der Waals surface area contributed by atoms with Gasteiger partial charge in [0.05, 0.1) is 13.2 Å². The van der Waals surface area contributed by atoms with Gasteiger partial charge in [0.1, 0.15) is 0 Å². The van der Waals surface area contributed by atoms with E-state index in [1.165, 1.54) is 12.8 Å². The van der Waals surface area contributed by atoms with Crippen LogP contribution in [-0.4, -0.2) is 24.3 Å². The molecule has 3 rings (SSSR count). The molecule has 1 spiro atoms. The van der Waals surface area contributed by atoms with Crippen LogP contribution in [0.15, 0.2) is 0 Å². The fraction of sp³-hybridized carbons (Fsp3) is 1.00. The highest BCUT2D eigenvalue weighted by Crippen LogP contribution is 2.54. The predicted octanol–water partition coefficient (Wildman–Crippen LogP) is 1.85. The fourth-order valence-electron chi connectivity index (χ4n) is 3.11. The average Bonchev–Trinajstić information content (AvgIpc) is 2.46. The first-order valence-corrected chi connectivity index (χ1v) is 5.79. The van der Waals surface area contributed by atoms with Crippen molar-refractivity contribution < 1.29 is 9.47 Å². The smallest absolute Gasteiger partial charge is 0.171 e. The van der Waals surface area contributed by atoms with Crippen LogP contribution in [0.1, 0.15) is 25.7 Å². The number of rotatable bonds is 0. The zero-order valence-electron chi connectivity index (χ0n) is 7.74. The molecule has 0 N–H and O–H groups in total.